The smallest absolute Gasteiger partial charge is 0.162 e. The fraction of sp³-hybridized carbons (Fsp3) is 0.375. The van der Waals surface area contributed by atoms with Crippen molar-refractivity contribution >= 4 is 27.7 Å². The molecule has 0 atom stereocenters. The maximum absolute atomic E-state index is 6.33. The van der Waals surface area contributed by atoms with Gasteiger partial charge in [0.15, 0.2) is 5.58 Å². The van der Waals surface area contributed by atoms with Crippen molar-refractivity contribution in [2.45, 2.75) is 39.7 Å². The minimum atomic E-state index is 0.298. The molecule has 3 aromatic rings. The van der Waals surface area contributed by atoms with Crippen LogP contribution in [0.25, 0.3) is 22.0 Å². The predicted octanol–water partition coefficient (Wildman–Crippen LogP) is 4.67. The number of nitrogens with zero attached hydrogens (tertiary/aromatic N) is 1. The second-order valence-corrected chi connectivity index (χ2v) is 5.69. The van der Waals surface area contributed by atoms with Gasteiger partial charge in [-0.1, -0.05) is 26.0 Å². The van der Waals surface area contributed by atoms with E-state index < -0.39 is 0 Å². The molecule has 19 heavy (non-hydrogen) atoms. The van der Waals surface area contributed by atoms with Crippen molar-refractivity contribution in [2.24, 2.45) is 0 Å². The van der Waals surface area contributed by atoms with Crippen LogP contribution in [0.3, 0.4) is 0 Å². The van der Waals surface area contributed by atoms with E-state index in [1.54, 1.807) is 0 Å². The number of aromatic nitrogens is 1. The highest BCUT2D eigenvalue weighted by atomic mass is 16.3. The average Bonchev–Trinajstić information content (AvgIpc) is 2.85. The number of nitrogens with two attached hydrogens (primary N) is 1. The Morgan fingerprint density at radius 2 is 1.79 bits per heavy atom. The fourth-order valence-electron chi connectivity index (χ4n) is 2.84. The first kappa shape index (κ1) is 12.2. The summed E-state index contributed by atoms with van der Waals surface area (Å²) in [5.74, 6) is 1.19. The molecule has 0 aliphatic rings. The van der Waals surface area contributed by atoms with Crippen LogP contribution in [-0.4, -0.2) is 4.57 Å². The average molecular weight is 256 g/mol. The second-order valence-electron chi connectivity index (χ2n) is 5.69. The summed E-state index contributed by atoms with van der Waals surface area (Å²) in [4.78, 5) is 0. The van der Waals surface area contributed by atoms with Crippen LogP contribution in [0.4, 0.5) is 5.69 Å². The van der Waals surface area contributed by atoms with Crippen molar-refractivity contribution in [3.8, 4) is 0 Å². The summed E-state index contributed by atoms with van der Waals surface area (Å²) in [5.41, 5.74) is 10.3. The van der Waals surface area contributed by atoms with Crippen LogP contribution in [0.2, 0.25) is 0 Å². The van der Waals surface area contributed by atoms with Gasteiger partial charge in [-0.3, -0.25) is 0 Å². The highest BCUT2D eigenvalue weighted by Gasteiger charge is 2.22. The van der Waals surface area contributed by atoms with E-state index in [9.17, 15) is 0 Å². The van der Waals surface area contributed by atoms with Gasteiger partial charge in [-0.05, 0) is 26.0 Å². The van der Waals surface area contributed by atoms with Crippen molar-refractivity contribution in [3.05, 3.63) is 30.0 Å². The molecule has 0 aliphatic carbocycles. The van der Waals surface area contributed by atoms with Crippen molar-refractivity contribution in [2.75, 3.05) is 5.73 Å². The normalized spacial score (nSPS) is 12.3. The van der Waals surface area contributed by atoms with Crippen molar-refractivity contribution in [1.29, 1.82) is 0 Å². The van der Waals surface area contributed by atoms with Crippen molar-refractivity contribution in [1.82, 2.24) is 4.57 Å². The molecule has 2 aromatic heterocycles. The van der Waals surface area contributed by atoms with Gasteiger partial charge in [0.1, 0.15) is 11.3 Å². The van der Waals surface area contributed by atoms with E-state index in [0.717, 1.165) is 27.9 Å². The van der Waals surface area contributed by atoms with E-state index in [0.29, 0.717) is 12.0 Å². The van der Waals surface area contributed by atoms with Gasteiger partial charge < -0.3 is 14.7 Å². The lowest BCUT2D eigenvalue weighted by molar-refractivity contribution is 0.526. The third-order valence-electron chi connectivity index (χ3n) is 3.64. The number of rotatable bonds is 2. The summed E-state index contributed by atoms with van der Waals surface area (Å²) < 4.78 is 8.33. The number of para-hydroxylation sites is 1. The van der Waals surface area contributed by atoms with E-state index in [4.69, 9.17) is 10.2 Å². The molecule has 100 valence electrons. The number of nitrogen functional groups attached to an aromatic ring is 1. The number of hydrogen-bond donors (Lipinski definition) is 1. The Balaban J connectivity index is 2.51. The van der Waals surface area contributed by atoms with Crippen LogP contribution in [-0.2, 0) is 0 Å². The zero-order chi connectivity index (χ0) is 13.7. The van der Waals surface area contributed by atoms with E-state index in [-0.39, 0.29) is 0 Å². The van der Waals surface area contributed by atoms with Gasteiger partial charge >= 0.3 is 0 Å². The van der Waals surface area contributed by atoms with E-state index in [2.05, 4.69) is 50.5 Å². The molecular weight excluding hydrogens is 236 g/mol. The van der Waals surface area contributed by atoms with Gasteiger partial charge in [0.2, 0.25) is 0 Å². The van der Waals surface area contributed by atoms with Gasteiger partial charge in [0, 0.05) is 17.3 Å². The Kier molecular flexibility index (Phi) is 2.59. The van der Waals surface area contributed by atoms with Crippen LogP contribution in [0.15, 0.2) is 28.7 Å². The Morgan fingerprint density at radius 3 is 2.42 bits per heavy atom. The summed E-state index contributed by atoms with van der Waals surface area (Å²) in [5, 5.41) is 1.14. The van der Waals surface area contributed by atoms with Gasteiger partial charge in [0.05, 0.1) is 11.2 Å². The molecule has 3 rings (SSSR count). The molecule has 2 N–H and O–H groups in total. The Morgan fingerprint density at radius 1 is 1.11 bits per heavy atom. The first-order valence-electron chi connectivity index (χ1n) is 6.83. The lowest BCUT2D eigenvalue weighted by Crippen LogP contribution is -2.02. The minimum absolute atomic E-state index is 0.298. The predicted molar refractivity (Wildman–Crippen MR) is 80.6 cm³/mol. The highest BCUT2D eigenvalue weighted by Crippen LogP contribution is 2.40. The molecule has 0 unspecified atom stereocenters. The van der Waals surface area contributed by atoms with Crippen LogP contribution in [0.1, 0.15) is 45.4 Å². The molecular formula is C16H20N2O. The zero-order valence-electron chi connectivity index (χ0n) is 11.9. The quantitative estimate of drug-likeness (QED) is 0.723. The van der Waals surface area contributed by atoms with Crippen LogP contribution < -0.4 is 5.73 Å². The summed E-state index contributed by atoms with van der Waals surface area (Å²) in [6, 6.07) is 8.67. The maximum atomic E-state index is 6.33. The molecule has 0 saturated heterocycles. The summed E-state index contributed by atoms with van der Waals surface area (Å²) in [6.45, 7) is 8.56. The van der Waals surface area contributed by atoms with Gasteiger partial charge in [0.25, 0.3) is 0 Å². The summed E-state index contributed by atoms with van der Waals surface area (Å²) in [7, 11) is 0. The largest absolute Gasteiger partial charge is 0.456 e. The van der Waals surface area contributed by atoms with Gasteiger partial charge in [-0.25, -0.2) is 0 Å². The Hall–Kier alpha value is -1.90. The van der Waals surface area contributed by atoms with Crippen molar-refractivity contribution in [3.63, 3.8) is 0 Å². The molecule has 3 nitrogen and oxygen atoms in total. The molecule has 0 radical (unpaired) electrons. The zero-order valence-corrected chi connectivity index (χ0v) is 11.9. The molecule has 0 saturated carbocycles. The number of anilines is 1. The standard InChI is InChI=1S/C16H20N2O/c1-9(2)15-13(17)14-16(19-15)11-7-5-6-8-12(11)18(14)10(3)4/h5-10H,17H2,1-4H3. The molecule has 0 bridgehead atoms. The number of hydrogen-bond acceptors (Lipinski definition) is 2. The van der Waals surface area contributed by atoms with Crippen LogP contribution in [0, 0.1) is 0 Å². The molecule has 3 heteroatoms. The fourth-order valence-corrected chi connectivity index (χ4v) is 2.84. The third-order valence-corrected chi connectivity index (χ3v) is 3.64. The Bertz CT molecular complexity index is 747. The molecule has 0 amide bonds. The van der Waals surface area contributed by atoms with E-state index in [1.165, 1.54) is 5.52 Å². The molecule has 1 aromatic carbocycles. The summed E-state index contributed by atoms with van der Waals surface area (Å²) in [6.07, 6.45) is 0. The van der Waals surface area contributed by atoms with Crippen LogP contribution in [0.5, 0.6) is 0 Å². The molecule has 2 heterocycles. The molecule has 0 fully saturated rings. The lowest BCUT2D eigenvalue weighted by atomic mass is 10.1. The third kappa shape index (κ3) is 1.57. The number of fused-ring (bicyclic) bond motifs is 3. The number of furan rings is 1. The summed E-state index contributed by atoms with van der Waals surface area (Å²) >= 11 is 0. The first-order chi connectivity index (χ1) is 9.02. The van der Waals surface area contributed by atoms with Crippen molar-refractivity contribution < 1.29 is 4.42 Å². The van der Waals surface area contributed by atoms with Gasteiger partial charge in [-0.15, -0.1) is 0 Å². The minimum Gasteiger partial charge on any atom is -0.456 e. The number of benzene rings is 1. The monoisotopic (exact) mass is 256 g/mol. The highest BCUT2D eigenvalue weighted by molar-refractivity contribution is 6.09. The van der Waals surface area contributed by atoms with E-state index in [1.807, 2.05) is 6.07 Å². The lowest BCUT2D eigenvalue weighted by Gasteiger charge is -2.11. The Labute approximate surface area is 113 Å². The second kappa shape index (κ2) is 4.05. The first-order valence-corrected chi connectivity index (χ1v) is 6.83. The SMILES string of the molecule is CC(C)c1oc2c3ccccc3n(C(C)C)c2c1N. The van der Waals surface area contributed by atoms with E-state index >= 15 is 0 Å². The topological polar surface area (TPSA) is 44.1 Å². The van der Waals surface area contributed by atoms with Gasteiger partial charge in [-0.2, -0.15) is 0 Å². The molecule has 0 spiro atoms. The maximum Gasteiger partial charge on any atom is 0.162 e. The molecule has 0 aliphatic heterocycles. The van der Waals surface area contributed by atoms with Crippen LogP contribution >= 0.6 is 0 Å².